The SMILES string of the molecule is CC[C@H](C)c1ccc2oc(-c3ccc(C)c(NC(=S)NC(=O)c4c(OC)cccc4OC)c3)nc2c1. The number of hydrogen-bond acceptors (Lipinski definition) is 6. The summed E-state index contributed by atoms with van der Waals surface area (Å²) in [5.41, 5.74) is 5.54. The van der Waals surface area contributed by atoms with Gasteiger partial charge in [-0.15, -0.1) is 0 Å². The number of carbonyl (C=O) groups is 1. The average molecular weight is 504 g/mol. The van der Waals surface area contributed by atoms with E-state index in [1.165, 1.54) is 19.8 Å². The number of anilines is 1. The Bertz CT molecular complexity index is 1410. The van der Waals surface area contributed by atoms with Crippen molar-refractivity contribution >= 4 is 40.0 Å². The maximum atomic E-state index is 13.0. The van der Waals surface area contributed by atoms with Crippen LogP contribution in [-0.2, 0) is 0 Å². The molecule has 0 spiro atoms. The first-order valence-electron chi connectivity index (χ1n) is 11.7. The van der Waals surface area contributed by atoms with E-state index in [1.54, 1.807) is 18.2 Å². The minimum atomic E-state index is -0.438. The van der Waals surface area contributed by atoms with Gasteiger partial charge in [0.15, 0.2) is 10.7 Å². The Kier molecular flexibility index (Phi) is 7.55. The molecule has 1 heterocycles. The lowest BCUT2D eigenvalue weighted by Crippen LogP contribution is -2.34. The number of methoxy groups -OCH3 is 2. The topological polar surface area (TPSA) is 85.6 Å². The van der Waals surface area contributed by atoms with Gasteiger partial charge >= 0.3 is 0 Å². The second-order valence-electron chi connectivity index (χ2n) is 8.53. The van der Waals surface area contributed by atoms with Crippen LogP contribution in [0.4, 0.5) is 5.69 Å². The van der Waals surface area contributed by atoms with Crippen LogP contribution < -0.4 is 20.1 Å². The molecule has 0 saturated carbocycles. The van der Waals surface area contributed by atoms with Crippen molar-refractivity contribution < 1.29 is 18.7 Å². The van der Waals surface area contributed by atoms with Gasteiger partial charge in [-0.2, -0.15) is 0 Å². The van der Waals surface area contributed by atoms with E-state index < -0.39 is 5.91 Å². The van der Waals surface area contributed by atoms with Gasteiger partial charge in [0.25, 0.3) is 5.91 Å². The molecule has 2 N–H and O–H groups in total. The number of nitrogens with one attached hydrogen (secondary N) is 2. The van der Waals surface area contributed by atoms with Crippen molar-refractivity contribution in [3.8, 4) is 23.0 Å². The lowest BCUT2D eigenvalue weighted by Gasteiger charge is -2.15. The largest absolute Gasteiger partial charge is 0.496 e. The van der Waals surface area contributed by atoms with Crippen molar-refractivity contribution in [2.24, 2.45) is 0 Å². The van der Waals surface area contributed by atoms with Gasteiger partial charge in [-0.1, -0.05) is 32.0 Å². The summed E-state index contributed by atoms with van der Waals surface area (Å²) >= 11 is 5.43. The number of carbonyl (C=O) groups excluding carboxylic acids is 1. The molecule has 0 aliphatic rings. The molecule has 0 fully saturated rings. The molecule has 4 rings (SSSR count). The normalized spacial score (nSPS) is 11.7. The predicted octanol–water partition coefficient (Wildman–Crippen LogP) is 6.46. The molecular formula is C28H29N3O4S. The molecule has 1 aromatic heterocycles. The number of amides is 1. The summed E-state index contributed by atoms with van der Waals surface area (Å²) in [5, 5.41) is 5.96. The smallest absolute Gasteiger partial charge is 0.264 e. The molecule has 36 heavy (non-hydrogen) atoms. The van der Waals surface area contributed by atoms with Gasteiger partial charge in [0, 0.05) is 11.3 Å². The van der Waals surface area contributed by atoms with Crippen molar-refractivity contribution in [1.29, 1.82) is 0 Å². The highest BCUT2D eigenvalue weighted by Crippen LogP contribution is 2.31. The second-order valence-corrected chi connectivity index (χ2v) is 8.94. The van der Waals surface area contributed by atoms with E-state index in [-0.39, 0.29) is 10.7 Å². The van der Waals surface area contributed by atoms with Crippen molar-refractivity contribution in [2.45, 2.75) is 33.1 Å². The van der Waals surface area contributed by atoms with Crippen LogP contribution in [0.25, 0.3) is 22.6 Å². The number of benzene rings is 3. The van der Waals surface area contributed by atoms with Crippen LogP contribution in [0.5, 0.6) is 11.5 Å². The molecule has 0 unspecified atom stereocenters. The van der Waals surface area contributed by atoms with Crippen LogP contribution >= 0.6 is 12.2 Å². The van der Waals surface area contributed by atoms with Crippen molar-refractivity contribution in [1.82, 2.24) is 10.3 Å². The minimum Gasteiger partial charge on any atom is -0.496 e. The Balaban J connectivity index is 1.55. The van der Waals surface area contributed by atoms with Crippen molar-refractivity contribution in [3.63, 3.8) is 0 Å². The number of hydrogen-bond donors (Lipinski definition) is 2. The standard InChI is InChI=1S/C28H29N3O4S/c1-6-16(2)18-12-13-22-21(14-18)29-27(35-22)19-11-10-17(3)20(15-19)30-28(36)31-26(32)25-23(33-4)8-7-9-24(25)34-5/h7-16H,6H2,1-5H3,(H2,30,31,32,36)/t16-/m0/s1. The van der Waals surface area contributed by atoms with Crippen LogP contribution in [0.15, 0.2) is 59.0 Å². The summed E-state index contributed by atoms with van der Waals surface area (Å²) in [7, 11) is 2.99. The van der Waals surface area contributed by atoms with Gasteiger partial charge in [0.2, 0.25) is 5.89 Å². The van der Waals surface area contributed by atoms with Crippen LogP contribution in [-0.4, -0.2) is 30.2 Å². The fraction of sp³-hybridized carbons (Fsp3) is 0.250. The molecule has 0 radical (unpaired) electrons. The summed E-state index contributed by atoms with van der Waals surface area (Å²) in [6.07, 6.45) is 1.06. The summed E-state index contributed by atoms with van der Waals surface area (Å²) < 4.78 is 16.7. The van der Waals surface area contributed by atoms with E-state index >= 15 is 0 Å². The molecule has 0 saturated heterocycles. The number of rotatable bonds is 7. The molecule has 3 aromatic carbocycles. The summed E-state index contributed by atoms with van der Waals surface area (Å²) in [5.74, 6) is 1.31. The van der Waals surface area contributed by atoms with E-state index in [9.17, 15) is 4.79 Å². The number of nitrogens with zero attached hydrogens (tertiary/aromatic N) is 1. The lowest BCUT2D eigenvalue weighted by atomic mass is 9.98. The maximum Gasteiger partial charge on any atom is 0.264 e. The van der Waals surface area contributed by atoms with Gasteiger partial charge in [0.1, 0.15) is 22.6 Å². The molecule has 7 nitrogen and oxygen atoms in total. The van der Waals surface area contributed by atoms with Crippen molar-refractivity contribution in [2.75, 3.05) is 19.5 Å². The molecule has 0 bridgehead atoms. The number of aryl methyl sites for hydroxylation is 1. The third kappa shape index (κ3) is 5.18. The Hall–Kier alpha value is -3.91. The highest BCUT2D eigenvalue weighted by atomic mass is 32.1. The first-order valence-corrected chi connectivity index (χ1v) is 12.1. The zero-order valence-corrected chi connectivity index (χ0v) is 21.8. The van der Waals surface area contributed by atoms with Crippen LogP contribution in [0.1, 0.15) is 47.7 Å². The number of fused-ring (bicyclic) bond motifs is 1. The van der Waals surface area contributed by atoms with E-state index in [2.05, 4.69) is 36.6 Å². The van der Waals surface area contributed by atoms with Gasteiger partial charge < -0.3 is 19.2 Å². The van der Waals surface area contributed by atoms with Crippen LogP contribution in [0.3, 0.4) is 0 Å². The van der Waals surface area contributed by atoms with E-state index in [0.29, 0.717) is 23.3 Å². The molecule has 0 aliphatic heterocycles. The summed E-state index contributed by atoms with van der Waals surface area (Å²) in [4.78, 5) is 17.7. The predicted molar refractivity (Wildman–Crippen MR) is 146 cm³/mol. The van der Waals surface area contributed by atoms with Crippen molar-refractivity contribution in [3.05, 3.63) is 71.3 Å². The third-order valence-electron chi connectivity index (χ3n) is 6.21. The van der Waals surface area contributed by atoms with Gasteiger partial charge in [0.05, 0.1) is 14.2 Å². The number of thiocarbonyl (C=S) groups is 1. The number of ether oxygens (including phenoxy) is 2. The number of oxazole rings is 1. The van der Waals surface area contributed by atoms with Crippen LogP contribution in [0, 0.1) is 6.92 Å². The molecule has 1 amide bonds. The molecule has 4 aromatic rings. The number of aromatic nitrogens is 1. The molecular weight excluding hydrogens is 474 g/mol. The van der Waals surface area contributed by atoms with Gasteiger partial charge in [-0.05, 0) is 79.0 Å². The average Bonchev–Trinajstić information content (AvgIpc) is 3.32. The highest BCUT2D eigenvalue weighted by Gasteiger charge is 2.20. The van der Waals surface area contributed by atoms with Gasteiger partial charge in [-0.25, -0.2) is 4.98 Å². The zero-order chi connectivity index (χ0) is 25.8. The molecule has 8 heteroatoms. The highest BCUT2D eigenvalue weighted by molar-refractivity contribution is 7.80. The van der Waals surface area contributed by atoms with Crippen LogP contribution in [0.2, 0.25) is 0 Å². The Labute approximate surface area is 215 Å². The Morgan fingerprint density at radius 3 is 2.47 bits per heavy atom. The quantitative estimate of drug-likeness (QED) is 0.280. The fourth-order valence-electron chi connectivity index (χ4n) is 3.89. The minimum absolute atomic E-state index is 0.143. The monoisotopic (exact) mass is 503 g/mol. The summed E-state index contributed by atoms with van der Waals surface area (Å²) in [6, 6.07) is 17.1. The zero-order valence-electron chi connectivity index (χ0n) is 21.0. The second kappa shape index (κ2) is 10.8. The molecule has 0 aliphatic carbocycles. The Morgan fingerprint density at radius 1 is 1.08 bits per heavy atom. The molecule has 186 valence electrons. The fourth-order valence-corrected chi connectivity index (χ4v) is 4.10. The van der Waals surface area contributed by atoms with E-state index in [1.807, 2.05) is 31.2 Å². The lowest BCUT2D eigenvalue weighted by molar-refractivity contribution is 0.0971. The van der Waals surface area contributed by atoms with Gasteiger partial charge in [-0.3, -0.25) is 10.1 Å². The molecule has 1 atom stereocenters. The Morgan fingerprint density at radius 2 is 1.81 bits per heavy atom. The maximum absolute atomic E-state index is 13.0. The first kappa shape index (κ1) is 25.2. The third-order valence-corrected chi connectivity index (χ3v) is 6.41. The van der Waals surface area contributed by atoms with E-state index in [4.69, 9.17) is 31.1 Å². The first-order chi connectivity index (χ1) is 17.3. The van der Waals surface area contributed by atoms with E-state index in [0.717, 1.165) is 34.3 Å². The summed E-state index contributed by atoms with van der Waals surface area (Å²) in [6.45, 7) is 6.32.